The van der Waals surface area contributed by atoms with Gasteiger partial charge in [-0.1, -0.05) is 48.5 Å². The van der Waals surface area contributed by atoms with Crippen LogP contribution in [0.15, 0.2) is 109 Å². The average molecular weight is 533 g/mol. The summed E-state index contributed by atoms with van der Waals surface area (Å²) in [4.78, 5) is 31.4. The Bertz CT molecular complexity index is 1770. The van der Waals surface area contributed by atoms with E-state index in [1.54, 1.807) is 24.4 Å². The Kier molecular flexibility index (Phi) is 6.40. The summed E-state index contributed by atoms with van der Waals surface area (Å²) >= 11 is 0. The van der Waals surface area contributed by atoms with E-state index in [1.165, 1.54) is 29.2 Å². The van der Waals surface area contributed by atoms with Crippen molar-refractivity contribution in [2.24, 2.45) is 0 Å². The number of fused-ring (bicyclic) bond motifs is 1. The summed E-state index contributed by atoms with van der Waals surface area (Å²) in [5.41, 5.74) is 3.92. The molecule has 1 fully saturated rings. The molecule has 2 N–H and O–H groups in total. The summed E-state index contributed by atoms with van der Waals surface area (Å²) in [6.07, 6.45) is 1.73. The first kappa shape index (κ1) is 25.1. The highest BCUT2D eigenvalue weighted by Gasteiger charge is 2.47. The predicted molar refractivity (Wildman–Crippen MR) is 151 cm³/mol. The first-order valence-corrected chi connectivity index (χ1v) is 12.8. The van der Waals surface area contributed by atoms with Crippen LogP contribution in [0.4, 0.5) is 10.1 Å². The van der Waals surface area contributed by atoms with E-state index in [4.69, 9.17) is 4.74 Å². The Balaban J connectivity index is 1.44. The molecule has 1 aliphatic rings. The number of aromatic amines is 1. The van der Waals surface area contributed by atoms with Gasteiger partial charge >= 0.3 is 0 Å². The largest absolute Gasteiger partial charge is 0.507 e. The number of amides is 1. The molecule has 1 unspecified atom stereocenters. The first-order valence-electron chi connectivity index (χ1n) is 12.8. The molecule has 5 aromatic rings. The zero-order valence-corrected chi connectivity index (χ0v) is 21.6. The monoisotopic (exact) mass is 532 g/mol. The lowest BCUT2D eigenvalue weighted by atomic mass is 9.94. The topological polar surface area (TPSA) is 82.6 Å². The quantitative estimate of drug-likeness (QED) is 0.143. The fourth-order valence-corrected chi connectivity index (χ4v) is 5.16. The van der Waals surface area contributed by atoms with E-state index >= 15 is 0 Å². The smallest absolute Gasteiger partial charge is 0.300 e. The number of nitrogens with one attached hydrogen (secondary N) is 1. The molecule has 1 aliphatic heterocycles. The molecule has 1 aromatic heterocycles. The van der Waals surface area contributed by atoms with Gasteiger partial charge in [0.25, 0.3) is 11.7 Å². The van der Waals surface area contributed by atoms with Gasteiger partial charge in [-0.05, 0) is 66.6 Å². The SMILES string of the molecule is Cc1cc(/C(O)=C2\C(=O)C(=O)N(c3ccc(F)cc3)C2c2c[nH]c3ccccc23)ccc1OCc1ccccc1. The van der Waals surface area contributed by atoms with Crippen LogP contribution in [0.1, 0.15) is 28.3 Å². The van der Waals surface area contributed by atoms with Crippen molar-refractivity contribution in [1.82, 2.24) is 4.98 Å². The third-order valence-corrected chi connectivity index (χ3v) is 7.15. The molecule has 1 saturated heterocycles. The van der Waals surface area contributed by atoms with Crippen LogP contribution in [0.5, 0.6) is 5.75 Å². The van der Waals surface area contributed by atoms with Crippen molar-refractivity contribution < 1.29 is 23.8 Å². The number of aryl methyl sites for hydroxylation is 1. The third kappa shape index (κ3) is 4.41. The van der Waals surface area contributed by atoms with E-state index in [2.05, 4.69) is 4.98 Å². The Hall–Kier alpha value is -5.17. The lowest BCUT2D eigenvalue weighted by Crippen LogP contribution is -2.29. The number of para-hydroxylation sites is 1. The van der Waals surface area contributed by atoms with E-state index in [9.17, 15) is 19.1 Å². The molecular weight excluding hydrogens is 507 g/mol. The third-order valence-electron chi connectivity index (χ3n) is 7.15. The Morgan fingerprint density at radius 2 is 1.68 bits per heavy atom. The number of ether oxygens (including phenoxy) is 1. The second-order valence-corrected chi connectivity index (χ2v) is 9.69. The lowest BCUT2D eigenvalue weighted by molar-refractivity contribution is -0.132. The zero-order chi connectivity index (χ0) is 27.8. The van der Waals surface area contributed by atoms with Crippen molar-refractivity contribution in [2.45, 2.75) is 19.6 Å². The highest BCUT2D eigenvalue weighted by molar-refractivity contribution is 6.51. The van der Waals surface area contributed by atoms with Gasteiger partial charge in [-0.25, -0.2) is 4.39 Å². The number of H-pyrrole nitrogens is 1. The Labute approximate surface area is 230 Å². The Morgan fingerprint density at radius 3 is 2.42 bits per heavy atom. The molecule has 6 nitrogen and oxygen atoms in total. The number of anilines is 1. The molecule has 0 radical (unpaired) electrons. The molecular formula is C33H25FN2O4. The van der Waals surface area contributed by atoms with Gasteiger partial charge in [0.2, 0.25) is 0 Å². The molecule has 40 heavy (non-hydrogen) atoms. The number of carbonyl (C=O) groups excluding carboxylic acids is 2. The number of benzene rings is 4. The maximum absolute atomic E-state index is 13.7. The second-order valence-electron chi connectivity index (χ2n) is 9.69. The van der Waals surface area contributed by atoms with E-state index in [1.807, 2.05) is 61.5 Å². The summed E-state index contributed by atoms with van der Waals surface area (Å²) in [7, 11) is 0. The van der Waals surface area contributed by atoms with Gasteiger partial charge in [-0.3, -0.25) is 14.5 Å². The number of aliphatic hydroxyl groups excluding tert-OH is 1. The predicted octanol–water partition coefficient (Wildman–Crippen LogP) is 6.82. The Morgan fingerprint density at radius 1 is 0.950 bits per heavy atom. The van der Waals surface area contributed by atoms with Crippen molar-refractivity contribution in [3.8, 4) is 5.75 Å². The number of rotatable bonds is 6. The van der Waals surface area contributed by atoms with E-state index in [-0.39, 0.29) is 11.3 Å². The molecule has 6 rings (SSSR count). The van der Waals surface area contributed by atoms with Crippen LogP contribution < -0.4 is 9.64 Å². The molecule has 2 heterocycles. The van der Waals surface area contributed by atoms with Crippen LogP contribution in [0, 0.1) is 12.7 Å². The fraction of sp³-hybridized carbons (Fsp3) is 0.0909. The summed E-state index contributed by atoms with van der Waals surface area (Å²) in [6.45, 7) is 2.24. The van der Waals surface area contributed by atoms with Crippen molar-refractivity contribution in [2.75, 3.05) is 4.90 Å². The van der Waals surface area contributed by atoms with Gasteiger partial charge in [0.15, 0.2) is 0 Å². The summed E-state index contributed by atoms with van der Waals surface area (Å²) < 4.78 is 19.7. The number of Topliss-reactive ketones (excluding diaryl/α,β-unsaturated/α-hetero) is 1. The maximum atomic E-state index is 13.7. The molecule has 0 aliphatic carbocycles. The van der Waals surface area contributed by atoms with E-state index < -0.39 is 23.5 Å². The first-order chi connectivity index (χ1) is 19.4. The minimum atomic E-state index is -0.934. The van der Waals surface area contributed by atoms with Crippen LogP contribution in [-0.4, -0.2) is 21.8 Å². The van der Waals surface area contributed by atoms with Crippen LogP contribution in [0.25, 0.3) is 16.7 Å². The van der Waals surface area contributed by atoms with Crippen LogP contribution in [-0.2, 0) is 16.2 Å². The zero-order valence-electron chi connectivity index (χ0n) is 21.6. The average Bonchev–Trinajstić information content (AvgIpc) is 3.51. The fourth-order valence-electron chi connectivity index (χ4n) is 5.16. The molecule has 1 atom stereocenters. The molecule has 198 valence electrons. The number of hydrogen-bond acceptors (Lipinski definition) is 4. The lowest BCUT2D eigenvalue weighted by Gasteiger charge is -2.25. The molecule has 0 bridgehead atoms. The molecule has 4 aromatic carbocycles. The number of carbonyl (C=O) groups is 2. The van der Waals surface area contributed by atoms with Crippen molar-refractivity contribution in [3.05, 3.63) is 137 Å². The molecule has 0 saturated carbocycles. The highest BCUT2D eigenvalue weighted by Crippen LogP contribution is 2.44. The van der Waals surface area contributed by atoms with Crippen LogP contribution in [0.2, 0.25) is 0 Å². The number of ketones is 1. The van der Waals surface area contributed by atoms with Gasteiger partial charge < -0.3 is 14.8 Å². The van der Waals surface area contributed by atoms with E-state index in [0.29, 0.717) is 29.2 Å². The van der Waals surface area contributed by atoms with Gasteiger partial charge in [0, 0.05) is 33.9 Å². The van der Waals surface area contributed by atoms with Gasteiger partial charge in [-0.15, -0.1) is 0 Å². The summed E-state index contributed by atoms with van der Waals surface area (Å²) in [6, 6.07) is 26.9. The highest BCUT2D eigenvalue weighted by atomic mass is 19.1. The minimum absolute atomic E-state index is 0.0450. The van der Waals surface area contributed by atoms with Crippen molar-refractivity contribution in [1.29, 1.82) is 0 Å². The van der Waals surface area contributed by atoms with E-state index in [0.717, 1.165) is 22.0 Å². The molecule has 7 heteroatoms. The standard InChI is InChI=1S/C33H25FN2O4/c1-20-17-22(11-16-28(20)40-19-21-7-3-2-4-8-21)31(37)29-30(26-18-35-27-10-6-5-9-25(26)27)36(33(39)32(29)38)24-14-12-23(34)13-15-24/h2-18,30,35,37H,19H2,1H3/b31-29+. The second kappa shape index (κ2) is 10.2. The van der Waals surface area contributed by atoms with Crippen molar-refractivity contribution >= 4 is 34.0 Å². The van der Waals surface area contributed by atoms with Crippen LogP contribution in [0.3, 0.4) is 0 Å². The van der Waals surface area contributed by atoms with Crippen LogP contribution >= 0.6 is 0 Å². The summed E-state index contributed by atoms with van der Waals surface area (Å²) in [5.74, 6) is -1.74. The number of nitrogens with zero attached hydrogens (tertiary/aromatic N) is 1. The summed E-state index contributed by atoms with van der Waals surface area (Å²) in [5, 5.41) is 12.4. The minimum Gasteiger partial charge on any atom is -0.507 e. The van der Waals surface area contributed by atoms with Gasteiger partial charge in [-0.2, -0.15) is 0 Å². The number of halogens is 1. The van der Waals surface area contributed by atoms with Crippen molar-refractivity contribution in [3.63, 3.8) is 0 Å². The maximum Gasteiger partial charge on any atom is 0.300 e. The van der Waals surface area contributed by atoms with Gasteiger partial charge in [0.05, 0.1) is 11.6 Å². The van der Waals surface area contributed by atoms with Gasteiger partial charge in [0.1, 0.15) is 23.9 Å². The molecule has 0 spiro atoms. The number of aliphatic hydroxyl groups is 1. The number of hydrogen-bond donors (Lipinski definition) is 2. The number of aromatic nitrogens is 1. The normalized spacial score (nSPS) is 16.6. The molecule has 1 amide bonds.